The third-order valence-electron chi connectivity index (χ3n) is 3.44. The van der Waals surface area contributed by atoms with Crippen LogP contribution in [0.5, 0.6) is 0 Å². The standard InChI is InChI=1S/C10H19NO/c1-10(5-6-10)9(12-2)8-4-3-7-11-8/h8-9,11H,3-7H2,1-2H3. The van der Waals surface area contributed by atoms with Crippen LogP contribution in [0, 0.1) is 5.41 Å². The highest BCUT2D eigenvalue weighted by molar-refractivity contribution is 5.01. The Balaban J connectivity index is 1.97. The van der Waals surface area contributed by atoms with Gasteiger partial charge in [0.05, 0.1) is 6.10 Å². The molecule has 70 valence electrons. The summed E-state index contributed by atoms with van der Waals surface area (Å²) in [5.74, 6) is 0. The second-order valence-electron chi connectivity index (χ2n) is 4.51. The molecule has 2 heteroatoms. The molecule has 2 fully saturated rings. The van der Waals surface area contributed by atoms with Crippen LogP contribution in [0.2, 0.25) is 0 Å². The molecule has 0 radical (unpaired) electrons. The van der Waals surface area contributed by atoms with Gasteiger partial charge in [-0.25, -0.2) is 0 Å². The summed E-state index contributed by atoms with van der Waals surface area (Å²) in [4.78, 5) is 0. The van der Waals surface area contributed by atoms with E-state index < -0.39 is 0 Å². The zero-order valence-electron chi connectivity index (χ0n) is 8.10. The van der Waals surface area contributed by atoms with Gasteiger partial charge in [-0.1, -0.05) is 6.92 Å². The first-order valence-electron chi connectivity index (χ1n) is 5.02. The van der Waals surface area contributed by atoms with Gasteiger partial charge in [-0.2, -0.15) is 0 Å². The normalized spacial score (nSPS) is 35.0. The van der Waals surface area contributed by atoms with E-state index in [0.29, 0.717) is 17.6 Å². The van der Waals surface area contributed by atoms with Gasteiger partial charge in [0.1, 0.15) is 0 Å². The Kier molecular flexibility index (Phi) is 2.13. The van der Waals surface area contributed by atoms with E-state index in [9.17, 15) is 0 Å². The first kappa shape index (κ1) is 8.52. The first-order chi connectivity index (χ1) is 5.76. The fourth-order valence-corrected chi connectivity index (χ4v) is 2.39. The van der Waals surface area contributed by atoms with Crippen LogP contribution in [0.1, 0.15) is 32.6 Å². The molecule has 2 atom stereocenters. The van der Waals surface area contributed by atoms with E-state index in [1.54, 1.807) is 0 Å². The molecule has 12 heavy (non-hydrogen) atoms. The van der Waals surface area contributed by atoms with Crippen molar-refractivity contribution in [1.29, 1.82) is 0 Å². The van der Waals surface area contributed by atoms with Gasteiger partial charge in [0.2, 0.25) is 0 Å². The zero-order valence-corrected chi connectivity index (χ0v) is 8.10. The molecule has 1 heterocycles. The summed E-state index contributed by atoms with van der Waals surface area (Å²) >= 11 is 0. The number of hydrogen-bond donors (Lipinski definition) is 1. The second-order valence-corrected chi connectivity index (χ2v) is 4.51. The van der Waals surface area contributed by atoms with Crippen molar-refractivity contribution in [2.24, 2.45) is 5.41 Å². The van der Waals surface area contributed by atoms with E-state index in [1.807, 2.05) is 7.11 Å². The summed E-state index contributed by atoms with van der Waals surface area (Å²) in [6.45, 7) is 3.53. The van der Waals surface area contributed by atoms with Gasteiger partial charge in [-0.05, 0) is 37.6 Å². The van der Waals surface area contributed by atoms with Gasteiger partial charge < -0.3 is 10.1 Å². The smallest absolute Gasteiger partial charge is 0.0777 e. The van der Waals surface area contributed by atoms with Crippen LogP contribution in [-0.2, 0) is 4.74 Å². The molecule has 0 aromatic rings. The van der Waals surface area contributed by atoms with Crippen LogP contribution in [-0.4, -0.2) is 25.8 Å². The van der Waals surface area contributed by atoms with E-state index in [1.165, 1.54) is 32.2 Å². The molecule has 1 saturated heterocycles. The molecule has 0 amide bonds. The van der Waals surface area contributed by atoms with Crippen LogP contribution in [0.3, 0.4) is 0 Å². The minimum atomic E-state index is 0.458. The molecule has 1 saturated carbocycles. The van der Waals surface area contributed by atoms with E-state index in [-0.39, 0.29) is 0 Å². The molecule has 2 aliphatic rings. The second kappa shape index (κ2) is 3.00. The van der Waals surface area contributed by atoms with Crippen molar-refractivity contribution in [1.82, 2.24) is 5.32 Å². The van der Waals surface area contributed by atoms with Gasteiger partial charge in [0.15, 0.2) is 0 Å². The highest BCUT2D eigenvalue weighted by atomic mass is 16.5. The third-order valence-corrected chi connectivity index (χ3v) is 3.44. The highest BCUT2D eigenvalue weighted by Crippen LogP contribution is 2.50. The van der Waals surface area contributed by atoms with Crippen LogP contribution >= 0.6 is 0 Å². The molecule has 2 nitrogen and oxygen atoms in total. The van der Waals surface area contributed by atoms with Crippen molar-refractivity contribution >= 4 is 0 Å². The van der Waals surface area contributed by atoms with Crippen LogP contribution in [0.4, 0.5) is 0 Å². The van der Waals surface area contributed by atoms with Crippen molar-refractivity contribution in [3.63, 3.8) is 0 Å². The van der Waals surface area contributed by atoms with E-state index in [2.05, 4.69) is 12.2 Å². The molecular formula is C10H19NO. The van der Waals surface area contributed by atoms with E-state index in [4.69, 9.17) is 4.74 Å². The lowest BCUT2D eigenvalue weighted by Crippen LogP contribution is -2.41. The summed E-state index contributed by atoms with van der Waals surface area (Å²) in [5.41, 5.74) is 0.497. The maximum atomic E-state index is 5.60. The third kappa shape index (κ3) is 1.38. The van der Waals surface area contributed by atoms with Gasteiger partial charge in [-0.15, -0.1) is 0 Å². The Morgan fingerprint density at radius 2 is 2.25 bits per heavy atom. The highest BCUT2D eigenvalue weighted by Gasteiger charge is 2.48. The fourth-order valence-electron chi connectivity index (χ4n) is 2.39. The number of rotatable bonds is 3. The molecule has 1 aliphatic heterocycles. The van der Waals surface area contributed by atoms with E-state index >= 15 is 0 Å². The Morgan fingerprint density at radius 1 is 1.50 bits per heavy atom. The SMILES string of the molecule is COC(C1CCCN1)C1(C)CC1. The molecule has 0 spiro atoms. The van der Waals surface area contributed by atoms with Crippen LogP contribution in [0.15, 0.2) is 0 Å². The Morgan fingerprint density at radius 3 is 2.67 bits per heavy atom. The minimum absolute atomic E-state index is 0.458. The molecule has 1 N–H and O–H groups in total. The maximum absolute atomic E-state index is 5.60. The summed E-state index contributed by atoms with van der Waals surface area (Å²) in [6.07, 6.45) is 5.78. The molecule has 0 aromatic carbocycles. The number of ether oxygens (including phenoxy) is 1. The Labute approximate surface area is 74.7 Å². The molecule has 0 bridgehead atoms. The summed E-state index contributed by atoms with van der Waals surface area (Å²) < 4.78 is 5.60. The fraction of sp³-hybridized carbons (Fsp3) is 1.00. The molecule has 2 rings (SSSR count). The quantitative estimate of drug-likeness (QED) is 0.692. The topological polar surface area (TPSA) is 21.3 Å². The predicted octanol–water partition coefficient (Wildman–Crippen LogP) is 1.55. The van der Waals surface area contributed by atoms with Crippen LogP contribution in [0.25, 0.3) is 0 Å². The largest absolute Gasteiger partial charge is 0.379 e. The van der Waals surface area contributed by atoms with Crippen molar-refractivity contribution < 1.29 is 4.74 Å². The number of nitrogens with one attached hydrogen (secondary N) is 1. The van der Waals surface area contributed by atoms with Gasteiger partial charge in [0, 0.05) is 13.2 Å². The average Bonchev–Trinajstić information content (AvgIpc) is 2.63. The van der Waals surface area contributed by atoms with Crippen molar-refractivity contribution in [3.05, 3.63) is 0 Å². The average molecular weight is 169 g/mol. The summed E-state index contributed by atoms with van der Waals surface area (Å²) in [5, 5.41) is 3.53. The molecular weight excluding hydrogens is 150 g/mol. The van der Waals surface area contributed by atoms with Crippen molar-refractivity contribution in [2.45, 2.75) is 44.8 Å². The Hall–Kier alpha value is -0.0800. The van der Waals surface area contributed by atoms with Gasteiger partial charge in [0.25, 0.3) is 0 Å². The lowest BCUT2D eigenvalue weighted by molar-refractivity contribution is 0.0219. The molecule has 1 aliphatic carbocycles. The summed E-state index contributed by atoms with van der Waals surface area (Å²) in [7, 11) is 1.86. The minimum Gasteiger partial charge on any atom is -0.379 e. The molecule has 0 aromatic heterocycles. The Bertz CT molecular complexity index is 159. The number of hydrogen-bond acceptors (Lipinski definition) is 2. The van der Waals surface area contributed by atoms with Crippen molar-refractivity contribution in [3.8, 4) is 0 Å². The number of methoxy groups -OCH3 is 1. The van der Waals surface area contributed by atoms with Gasteiger partial charge >= 0.3 is 0 Å². The van der Waals surface area contributed by atoms with Crippen LogP contribution < -0.4 is 5.32 Å². The lowest BCUT2D eigenvalue weighted by atomic mass is 9.94. The zero-order chi connectivity index (χ0) is 8.60. The summed E-state index contributed by atoms with van der Waals surface area (Å²) in [6, 6.07) is 0.627. The lowest BCUT2D eigenvalue weighted by Gasteiger charge is -2.28. The van der Waals surface area contributed by atoms with Gasteiger partial charge in [-0.3, -0.25) is 0 Å². The van der Waals surface area contributed by atoms with E-state index in [0.717, 1.165) is 0 Å². The maximum Gasteiger partial charge on any atom is 0.0777 e. The molecule has 2 unspecified atom stereocenters. The predicted molar refractivity (Wildman–Crippen MR) is 49.2 cm³/mol. The monoisotopic (exact) mass is 169 g/mol. The van der Waals surface area contributed by atoms with Crippen molar-refractivity contribution in [2.75, 3.05) is 13.7 Å². The first-order valence-corrected chi connectivity index (χ1v) is 5.02.